The van der Waals surface area contributed by atoms with Gasteiger partial charge < -0.3 is 10.2 Å². The second-order valence-corrected chi connectivity index (χ2v) is 5.48. The quantitative estimate of drug-likeness (QED) is 0.820. The van der Waals surface area contributed by atoms with Crippen LogP contribution in [0.15, 0.2) is 48.5 Å². The number of nitrogens with zero attached hydrogens (tertiary/aromatic N) is 1. The van der Waals surface area contributed by atoms with E-state index in [9.17, 15) is 27.2 Å². The van der Waals surface area contributed by atoms with E-state index in [1.165, 1.54) is 37.3 Å². The van der Waals surface area contributed by atoms with Gasteiger partial charge in [0, 0.05) is 31.3 Å². The monoisotopic (exact) mass is 368 g/mol. The Kier molecular flexibility index (Phi) is 5.97. The lowest BCUT2D eigenvalue weighted by atomic mass is 10.1. The van der Waals surface area contributed by atoms with Crippen molar-refractivity contribution in [2.75, 3.05) is 18.0 Å². The van der Waals surface area contributed by atoms with Gasteiger partial charge in [-0.05, 0) is 36.4 Å². The van der Waals surface area contributed by atoms with E-state index in [4.69, 9.17) is 0 Å². The number of carbonyl (C=O) groups excluding carboxylic acids is 2. The van der Waals surface area contributed by atoms with Crippen LogP contribution in [0, 0.1) is 5.82 Å². The smallest absolute Gasteiger partial charge is 0.350 e. The van der Waals surface area contributed by atoms with Gasteiger partial charge in [-0.15, -0.1) is 0 Å². The summed E-state index contributed by atoms with van der Waals surface area (Å²) in [5, 5.41) is 2.50. The summed E-state index contributed by atoms with van der Waals surface area (Å²) in [5.74, 6) is -1.58. The van der Waals surface area contributed by atoms with Gasteiger partial charge in [-0.25, -0.2) is 4.39 Å². The van der Waals surface area contributed by atoms with Gasteiger partial charge in [0.1, 0.15) is 5.82 Å². The van der Waals surface area contributed by atoms with Gasteiger partial charge in [0.25, 0.3) is 5.91 Å². The molecule has 2 rings (SSSR count). The minimum atomic E-state index is -4.52. The number of hydrogen-bond acceptors (Lipinski definition) is 2. The summed E-state index contributed by atoms with van der Waals surface area (Å²) in [7, 11) is 0. The minimum Gasteiger partial charge on any atom is -0.350 e. The Hall–Kier alpha value is -2.90. The molecule has 138 valence electrons. The maximum Gasteiger partial charge on any atom is 0.416 e. The van der Waals surface area contributed by atoms with Crippen molar-refractivity contribution in [3.8, 4) is 0 Å². The summed E-state index contributed by atoms with van der Waals surface area (Å²) in [5.41, 5.74) is -0.684. The van der Waals surface area contributed by atoms with Gasteiger partial charge in [0.2, 0.25) is 5.91 Å². The SMILES string of the molecule is CC(=O)N(CCNC(=O)c1cccc(F)c1)c1cccc(C(F)(F)F)c1. The molecule has 0 radical (unpaired) electrons. The third-order valence-electron chi connectivity index (χ3n) is 3.57. The van der Waals surface area contributed by atoms with Gasteiger partial charge >= 0.3 is 6.18 Å². The van der Waals surface area contributed by atoms with Crippen molar-refractivity contribution >= 4 is 17.5 Å². The van der Waals surface area contributed by atoms with Crippen LogP contribution >= 0.6 is 0 Å². The molecule has 4 nitrogen and oxygen atoms in total. The Balaban J connectivity index is 2.05. The van der Waals surface area contributed by atoms with Crippen LogP contribution in [0.4, 0.5) is 23.2 Å². The van der Waals surface area contributed by atoms with E-state index in [0.29, 0.717) is 0 Å². The molecule has 0 heterocycles. The normalized spacial score (nSPS) is 11.1. The molecule has 2 aromatic rings. The van der Waals surface area contributed by atoms with Crippen LogP contribution in [-0.2, 0) is 11.0 Å². The van der Waals surface area contributed by atoms with Crippen LogP contribution in [-0.4, -0.2) is 24.9 Å². The Labute approximate surface area is 147 Å². The van der Waals surface area contributed by atoms with Crippen LogP contribution in [0.1, 0.15) is 22.8 Å². The fourth-order valence-electron chi connectivity index (χ4n) is 2.33. The van der Waals surface area contributed by atoms with Crippen LogP contribution in [0.25, 0.3) is 0 Å². The molecular weight excluding hydrogens is 352 g/mol. The number of anilines is 1. The summed E-state index contributed by atoms with van der Waals surface area (Å²) < 4.78 is 51.6. The highest BCUT2D eigenvalue weighted by molar-refractivity contribution is 5.94. The Bertz CT molecular complexity index is 806. The molecule has 26 heavy (non-hydrogen) atoms. The van der Waals surface area contributed by atoms with E-state index >= 15 is 0 Å². The topological polar surface area (TPSA) is 49.4 Å². The summed E-state index contributed by atoms with van der Waals surface area (Å²) >= 11 is 0. The van der Waals surface area contributed by atoms with Crippen LogP contribution < -0.4 is 10.2 Å². The molecule has 0 fully saturated rings. The Morgan fingerprint density at radius 2 is 1.77 bits per heavy atom. The van der Waals surface area contributed by atoms with Crippen LogP contribution in [0.3, 0.4) is 0 Å². The zero-order valence-electron chi connectivity index (χ0n) is 13.8. The third-order valence-corrected chi connectivity index (χ3v) is 3.57. The van der Waals surface area contributed by atoms with Crippen molar-refractivity contribution in [1.29, 1.82) is 0 Å². The average molecular weight is 368 g/mol. The minimum absolute atomic E-state index is 0.00876. The van der Waals surface area contributed by atoms with Crippen molar-refractivity contribution in [3.63, 3.8) is 0 Å². The van der Waals surface area contributed by atoms with E-state index in [0.717, 1.165) is 23.1 Å². The standard InChI is InChI=1S/C18H16F4N2O2/c1-12(25)24(16-7-3-5-14(11-16)18(20,21)22)9-8-23-17(26)13-4-2-6-15(19)10-13/h2-7,10-11H,8-9H2,1H3,(H,23,26). The zero-order valence-corrected chi connectivity index (χ0v) is 13.8. The average Bonchev–Trinajstić information content (AvgIpc) is 2.57. The lowest BCUT2D eigenvalue weighted by Gasteiger charge is -2.22. The largest absolute Gasteiger partial charge is 0.416 e. The highest BCUT2D eigenvalue weighted by Gasteiger charge is 2.31. The summed E-state index contributed by atoms with van der Waals surface area (Å²) in [4.78, 5) is 24.8. The maximum absolute atomic E-state index is 13.1. The van der Waals surface area contributed by atoms with Gasteiger partial charge in [0.15, 0.2) is 0 Å². The summed E-state index contributed by atoms with van der Waals surface area (Å²) in [6.45, 7) is 1.18. The van der Waals surface area contributed by atoms with E-state index in [1.54, 1.807) is 0 Å². The number of hydrogen-bond donors (Lipinski definition) is 1. The summed E-state index contributed by atoms with van der Waals surface area (Å²) in [6, 6.07) is 9.43. The van der Waals surface area contributed by atoms with E-state index < -0.39 is 29.4 Å². The van der Waals surface area contributed by atoms with Crippen LogP contribution in [0.2, 0.25) is 0 Å². The molecule has 2 aromatic carbocycles. The number of halogens is 4. The van der Waals surface area contributed by atoms with Crippen molar-refractivity contribution in [2.24, 2.45) is 0 Å². The first-order valence-electron chi connectivity index (χ1n) is 7.67. The molecule has 8 heteroatoms. The molecule has 0 bridgehead atoms. The van der Waals surface area contributed by atoms with Gasteiger partial charge in [0.05, 0.1) is 5.56 Å². The number of nitrogens with one attached hydrogen (secondary N) is 1. The van der Waals surface area contributed by atoms with Crippen molar-refractivity contribution < 1.29 is 27.2 Å². The molecule has 0 aliphatic rings. The lowest BCUT2D eigenvalue weighted by Crippen LogP contribution is -2.37. The molecular formula is C18H16F4N2O2. The Morgan fingerprint density at radius 3 is 2.38 bits per heavy atom. The molecule has 0 aliphatic carbocycles. The van der Waals surface area contributed by atoms with E-state index in [1.807, 2.05) is 0 Å². The summed E-state index contributed by atoms with van der Waals surface area (Å²) in [6.07, 6.45) is -4.52. The van der Waals surface area contributed by atoms with Crippen LogP contribution in [0.5, 0.6) is 0 Å². The first-order valence-corrected chi connectivity index (χ1v) is 7.67. The molecule has 0 spiro atoms. The molecule has 0 aliphatic heterocycles. The highest BCUT2D eigenvalue weighted by Crippen LogP contribution is 2.31. The fourth-order valence-corrected chi connectivity index (χ4v) is 2.33. The van der Waals surface area contributed by atoms with Gasteiger partial charge in [-0.1, -0.05) is 12.1 Å². The van der Waals surface area contributed by atoms with E-state index in [2.05, 4.69) is 5.32 Å². The van der Waals surface area contributed by atoms with Gasteiger partial charge in [-0.3, -0.25) is 9.59 Å². The zero-order chi connectivity index (χ0) is 19.3. The Morgan fingerprint density at radius 1 is 1.08 bits per heavy atom. The predicted molar refractivity (Wildman–Crippen MR) is 88.2 cm³/mol. The molecule has 0 saturated heterocycles. The third kappa shape index (κ3) is 5.05. The first-order chi connectivity index (χ1) is 12.2. The van der Waals surface area contributed by atoms with E-state index in [-0.39, 0.29) is 24.3 Å². The predicted octanol–water partition coefficient (Wildman–Crippen LogP) is 3.63. The number of carbonyl (C=O) groups is 2. The second-order valence-electron chi connectivity index (χ2n) is 5.48. The van der Waals surface area contributed by atoms with Crippen molar-refractivity contribution in [2.45, 2.75) is 13.1 Å². The molecule has 0 saturated carbocycles. The highest BCUT2D eigenvalue weighted by atomic mass is 19.4. The molecule has 0 aromatic heterocycles. The molecule has 2 amide bonds. The number of rotatable bonds is 5. The van der Waals surface area contributed by atoms with Crippen molar-refractivity contribution in [3.05, 3.63) is 65.5 Å². The molecule has 0 atom stereocenters. The van der Waals surface area contributed by atoms with Gasteiger partial charge in [-0.2, -0.15) is 13.2 Å². The first kappa shape index (κ1) is 19.4. The molecule has 1 N–H and O–H groups in total. The fraction of sp³-hybridized carbons (Fsp3) is 0.222. The molecule has 0 unspecified atom stereocenters. The number of amides is 2. The second kappa shape index (κ2) is 7.99. The lowest BCUT2D eigenvalue weighted by molar-refractivity contribution is -0.137. The number of alkyl halides is 3. The number of benzene rings is 2. The van der Waals surface area contributed by atoms with Crippen molar-refractivity contribution in [1.82, 2.24) is 5.32 Å². The maximum atomic E-state index is 13.1.